The second-order valence-corrected chi connectivity index (χ2v) is 8.40. The molecule has 0 aliphatic carbocycles. The Bertz CT molecular complexity index is 720. The summed E-state index contributed by atoms with van der Waals surface area (Å²) in [5, 5.41) is 3.38. The van der Waals surface area contributed by atoms with Gasteiger partial charge < -0.3 is 15.0 Å². The standard InChI is InChI=1S/C21H31F3N4O.HI/c1-20(2,16-5-4-6-17(13-16)21(22,23)24)15-26-19(25-3)28-8-7-18(14-28)27-9-11-29-12-10-27;/h4-6,13,18H,7-12,14-15H2,1-3H3,(H,25,26);1H. The molecule has 2 heterocycles. The van der Waals surface area contributed by atoms with Gasteiger partial charge in [0.25, 0.3) is 0 Å². The minimum atomic E-state index is -4.33. The minimum Gasteiger partial charge on any atom is -0.379 e. The van der Waals surface area contributed by atoms with Gasteiger partial charge in [-0.3, -0.25) is 9.89 Å². The summed E-state index contributed by atoms with van der Waals surface area (Å²) in [5.74, 6) is 0.806. The van der Waals surface area contributed by atoms with E-state index < -0.39 is 17.2 Å². The maximum Gasteiger partial charge on any atom is 0.416 e. The monoisotopic (exact) mass is 540 g/mol. The maximum atomic E-state index is 13.1. The smallest absolute Gasteiger partial charge is 0.379 e. The number of benzene rings is 1. The number of halogens is 4. The van der Waals surface area contributed by atoms with Crippen molar-refractivity contribution in [3.8, 4) is 0 Å². The van der Waals surface area contributed by atoms with E-state index >= 15 is 0 Å². The molecule has 2 saturated heterocycles. The van der Waals surface area contributed by atoms with Crippen LogP contribution in [-0.4, -0.2) is 74.8 Å². The Morgan fingerprint density at radius 3 is 2.47 bits per heavy atom. The average molecular weight is 540 g/mol. The number of rotatable bonds is 4. The molecule has 5 nitrogen and oxygen atoms in total. The van der Waals surface area contributed by atoms with Gasteiger partial charge in [-0.25, -0.2) is 0 Å². The molecule has 3 rings (SSSR count). The Morgan fingerprint density at radius 2 is 1.83 bits per heavy atom. The van der Waals surface area contributed by atoms with Crippen LogP contribution < -0.4 is 5.32 Å². The average Bonchev–Trinajstić information content (AvgIpc) is 3.19. The van der Waals surface area contributed by atoms with Gasteiger partial charge in [0.05, 0.1) is 18.8 Å². The van der Waals surface area contributed by atoms with Crippen molar-refractivity contribution in [2.45, 2.75) is 37.9 Å². The van der Waals surface area contributed by atoms with E-state index in [0.29, 0.717) is 18.2 Å². The second-order valence-electron chi connectivity index (χ2n) is 8.40. The van der Waals surface area contributed by atoms with Crippen LogP contribution in [0.5, 0.6) is 0 Å². The molecule has 1 unspecified atom stereocenters. The van der Waals surface area contributed by atoms with Crippen LogP contribution >= 0.6 is 24.0 Å². The molecule has 1 atom stereocenters. The first kappa shape index (κ1) is 25.2. The third-order valence-electron chi connectivity index (χ3n) is 5.90. The van der Waals surface area contributed by atoms with E-state index in [1.54, 1.807) is 13.1 Å². The van der Waals surface area contributed by atoms with Gasteiger partial charge in [0.1, 0.15) is 0 Å². The summed E-state index contributed by atoms with van der Waals surface area (Å²) >= 11 is 0. The normalized spacial score (nSPS) is 21.5. The minimum absolute atomic E-state index is 0. The van der Waals surface area contributed by atoms with Crippen molar-refractivity contribution in [1.82, 2.24) is 15.1 Å². The molecule has 0 radical (unpaired) electrons. The number of ether oxygens (including phenoxy) is 1. The molecule has 0 saturated carbocycles. The van der Waals surface area contributed by atoms with Crippen molar-refractivity contribution in [2.24, 2.45) is 4.99 Å². The van der Waals surface area contributed by atoms with Crippen LogP contribution in [0.25, 0.3) is 0 Å². The van der Waals surface area contributed by atoms with Crippen LogP contribution in [-0.2, 0) is 16.3 Å². The molecule has 2 aliphatic heterocycles. The molecule has 2 fully saturated rings. The number of aliphatic imine (C=N–C) groups is 1. The fourth-order valence-corrected chi connectivity index (χ4v) is 4.03. The Morgan fingerprint density at radius 1 is 1.17 bits per heavy atom. The van der Waals surface area contributed by atoms with Gasteiger partial charge in [0.15, 0.2) is 5.96 Å². The predicted molar refractivity (Wildman–Crippen MR) is 124 cm³/mol. The molecule has 2 aliphatic rings. The zero-order chi connectivity index (χ0) is 21.1. The summed E-state index contributed by atoms with van der Waals surface area (Å²) in [4.78, 5) is 9.13. The number of morpholine rings is 1. The van der Waals surface area contributed by atoms with Crippen molar-refractivity contribution >= 4 is 29.9 Å². The third kappa shape index (κ3) is 6.23. The zero-order valence-corrected chi connectivity index (χ0v) is 20.2. The SMILES string of the molecule is CN=C(NCC(C)(C)c1cccc(C(F)(F)F)c1)N1CCC(N2CCOCC2)C1.I. The Kier molecular flexibility index (Phi) is 8.81. The van der Waals surface area contributed by atoms with Crippen molar-refractivity contribution in [2.75, 3.05) is 53.0 Å². The quantitative estimate of drug-likeness (QED) is 0.360. The fourth-order valence-electron chi connectivity index (χ4n) is 4.03. The molecular formula is C21H32F3IN4O. The van der Waals surface area contributed by atoms with Crippen molar-refractivity contribution in [3.05, 3.63) is 35.4 Å². The number of alkyl halides is 3. The predicted octanol–water partition coefficient (Wildman–Crippen LogP) is 3.58. The van der Waals surface area contributed by atoms with Gasteiger partial charge in [-0.05, 0) is 18.1 Å². The molecule has 0 aromatic heterocycles. The van der Waals surface area contributed by atoms with Crippen LogP contribution in [0, 0.1) is 0 Å². The molecule has 0 spiro atoms. The summed E-state index contributed by atoms with van der Waals surface area (Å²) < 4.78 is 44.6. The van der Waals surface area contributed by atoms with Gasteiger partial charge >= 0.3 is 6.18 Å². The number of nitrogens with zero attached hydrogens (tertiary/aromatic N) is 3. The van der Waals surface area contributed by atoms with Crippen molar-refractivity contribution < 1.29 is 17.9 Å². The lowest BCUT2D eigenvalue weighted by molar-refractivity contribution is -0.137. The third-order valence-corrected chi connectivity index (χ3v) is 5.90. The summed E-state index contributed by atoms with van der Waals surface area (Å²) in [6.07, 6.45) is -3.25. The molecule has 170 valence electrons. The number of guanidine groups is 1. The molecule has 0 bridgehead atoms. The molecule has 1 aromatic rings. The van der Waals surface area contributed by atoms with E-state index in [2.05, 4.69) is 20.1 Å². The number of hydrogen-bond acceptors (Lipinski definition) is 3. The number of hydrogen-bond donors (Lipinski definition) is 1. The summed E-state index contributed by atoms with van der Waals surface area (Å²) in [6, 6.07) is 6.08. The summed E-state index contributed by atoms with van der Waals surface area (Å²) in [6.45, 7) is 9.73. The molecule has 9 heteroatoms. The molecular weight excluding hydrogens is 508 g/mol. The van der Waals surface area contributed by atoms with Gasteiger partial charge in [-0.2, -0.15) is 13.2 Å². The van der Waals surface area contributed by atoms with Crippen LogP contribution in [0.1, 0.15) is 31.4 Å². The van der Waals surface area contributed by atoms with Crippen LogP contribution in [0.15, 0.2) is 29.3 Å². The van der Waals surface area contributed by atoms with Crippen LogP contribution in [0.4, 0.5) is 13.2 Å². The Labute approximate surface area is 194 Å². The van der Waals surface area contributed by atoms with E-state index in [4.69, 9.17) is 4.74 Å². The first-order valence-electron chi connectivity index (χ1n) is 10.2. The van der Waals surface area contributed by atoms with E-state index in [1.807, 2.05) is 13.8 Å². The number of likely N-dealkylation sites (tertiary alicyclic amines) is 1. The largest absolute Gasteiger partial charge is 0.416 e. The van der Waals surface area contributed by atoms with Gasteiger partial charge in [-0.1, -0.05) is 32.0 Å². The van der Waals surface area contributed by atoms with Crippen LogP contribution in [0.3, 0.4) is 0 Å². The highest BCUT2D eigenvalue weighted by atomic mass is 127. The maximum absolute atomic E-state index is 13.1. The van der Waals surface area contributed by atoms with E-state index in [9.17, 15) is 13.2 Å². The lowest BCUT2D eigenvalue weighted by atomic mass is 9.84. The van der Waals surface area contributed by atoms with Crippen molar-refractivity contribution in [3.63, 3.8) is 0 Å². The molecule has 30 heavy (non-hydrogen) atoms. The second kappa shape index (κ2) is 10.5. The lowest BCUT2D eigenvalue weighted by Gasteiger charge is -2.33. The Balaban J connectivity index is 0.00000320. The summed E-state index contributed by atoms with van der Waals surface area (Å²) in [5.41, 5.74) is -0.427. The topological polar surface area (TPSA) is 40.1 Å². The zero-order valence-electron chi connectivity index (χ0n) is 17.8. The highest BCUT2D eigenvalue weighted by Crippen LogP contribution is 2.32. The molecule has 1 N–H and O–H groups in total. The number of nitrogens with one attached hydrogen (secondary N) is 1. The van der Waals surface area contributed by atoms with Gasteiger partial charge in [-0.15, -0.1) is 24.0 Å². The van der Waals surface area contributed by atoms with Crippen molar-refractivity contribution in [1.29, 1.82) is 0 Å². The van der Waals surface area contributed by atoms with E-state index in [0.717, 1.165) is 57.8 Å². The highest BCUT2D eigenvalue weighted by Gasteiger charge is 2.33. The summed E-state index contributed by atoms with van der Waals surface area (Å²) in [7, 11) is 1.75. The van der Waals surface area contributed by atoms with Gasteiger partial charge in [0, 0.05) is 51.2 Å². The Hall–Kier alpha value is -1.07. The fraction of sp³-hybridized carbons (Fsp3) is 0.667. The first-order valence-corrected chi connectivity index (χ1v) is 10.2. The highest BCUT2D eigenvalue weighted by molar-refractivity contribution is 14.0. The first-order chi connectivity index (χ1) is 13.7. The van der Waals surface area contributed by atoms with E-state index in [-0.39, 0.29) is 24.0 Å². The molecule has 0 amide bonds. The van der Waals surface area contributed by atoms with Gasteiger partial charge in [0.2, 0.25) is 0 Å². The molecule has 1 aromatic carbocycles. The van der Waals surface area contributed by atoms with Crippen LogP contribution in [0.2, 0.25) is 0 Å². The lowest BCUT2D eigenvalue weighted by Crippen LogP contribution is -2.48. The van der Waals surface area contributed by atoms with E-state index in [1.165, 1.54) is 12.1 Å².